The lowest BCUT2D eigenvalue weighted by molar-refractivity contribution is -0.0528. The molecule has 3 aliphatic heterocycles. The summed E-state index contributed by atoms with van der Waals surface area (Å²) in [6, 6.07) is 17.4. The van der Waals surface area contributed by atoms with Crippen molar-refractivity contribution in [2.24, 2.45) is 4.99 Å². The van der Waals surface area contributed by atoms with Crippen LogP contribution in [0.3, 0.4) is 0 Å². The van der Waals surface area contributed by atoms with Gasteiger partial charge in [-0.3, -0.25) is 9.47 Å². The number of nitrogens with one attached hydrogen (secondary N) is 1. The van der Waals surface area contributed by atoms with Gasteiger partial charge in [0.05, 0.1) is 17.7 Å². The van der Waals surface area contributed by atoms with Crippen molar-refractivity contribution in [3.05, 3.63) is 59.7 Å². The molecule has 1 aromatic heterocycles. The van der Waals surface area contributed by atoms with E-state index in [9.17, 15) is 0 Å². The fourth-order valence-corrected chi connectivity index (χ4v) is 5.01. The van der Waals surface area contributed by atoms with Gasteiger partial charge in [0.2, 0.25) is 11.9 Å². The van der Waals surface area contributed by atoms with Crippen molar-refractivity contribution in [3.8, 4) is 0 Å². The Morgan fingerprint density at radius 1 is 0.939 bits per heavy atom. The molecule has 6 rings (SSSR count). The quantitative estimate of drug-likeness (QED) is 0.671. The zero-order valence-corrected chi connectivity index (χ0v) is 19.6. The second-order valence-corrected chi connectivity index (χ2v) is 9.59. The molecular formula is C25H32N8. The molecule has 172 valence electrons. The summed E-state index contributed by atoms with van der Waals surface area (Å²) in [7, 11) is 2.19. The second-order valence-electron chi connectivity index (χ2n) is 9.59. The highest BCUT2D eigenvalue weighted by molar-refractivity contribution is 5.98. The fourth-order valence-electron chi connectivity index (χ4n) is 5.01. The first kappa shape index (κ1) is 20.7. The van der Waals surface area contributed by atoms with Crippen LogP contribution in [-0.4, -0.2) is 77.0 Å². The molecule has 1 saturated heterocycles. The summed E-state index contributed by atoms with van der Waals surface area (Å²) in [6.07, 6.45) is -0.0428. The van der Waals surface area contributed by atoms with Crippen molar-refractivity contribution in [1.82, 2.24) is 29.8 Å². The molecule has 0 aliphatic carbocycles. The number of fused-ring (bicyclic) bond motifs is 5. The number of piperazine rings is 1. The lowest BCUT2D eigenvalue weighted by Crippen LogP contribution is -2.62. The molecule has 1 N–H and O–H groups in total. The normalized spacial score (nSPS) is 22.2. The zero-order valence-electron chi connectivity index (χ0n) is 19.6. The highest BCUT2D eigenvalue weighted by atomic mass is 15.7. The van der Waals surface area contributed by atoms with Crippen molar-refractivity contribution in [2.75, 3.05) is 51.5 Å². The Bertz CT molecular complexity index is 1170. The Labute approximate surface area is 195 Å². The van der Waals surface area contributed by atoms with E-state index in [-0.39, 0.29) is 6.17 Å². The summed E-state index contributed by atoms with van der Waals surface area (Å²) >= 11 is 0. The largest absolute Gasteiger partial charge is 0.331 e. The highest BCUT2D eigenvalue weighted by Gasteiger charge is 2.37. The third-order valence-corrected chi connectivity index (χ3v) is 7.09. The molecule has 1 atom stereocenters. The molecule has 3 aromatic rings. The number of guanidine groups is 1. The van der Waals surface area contributed by atoms with Gasteiger partial charge in [-0.25, -0.2) is 20.0 Å². The van der Waals surface area contributed by atoms with Crippen LogP contribution < -0.4 is 10.2 Å². The monoisotopic (exact) mass is 444 g/mol. The number of aliphatic imine (C=N–C) groups is 1. The van der Waals surface area contributed by atoms with Crippen LogP contribution in [0.15, 0.2) is 53.5 Å². The molecule has 0 radical (unpaired) electrons. The Morgan fingerprint density at radius 3 is 2.45 bits per heavy atom. The molecule has 0 saturated carbocycles. The van der Waals surface area contributed by atoms with E-state index in [1.807, 2.05) is 0 Å². The van der Waals surface area contributed by atoms with Crippen molar-refractivity contribution in [2.45, 2.75) is 25.9 Å². The number of rotatable bonds is 3. The summed E-state index contributed by atoms with van der Waals surface area (Å²) in [5.41, 5.74) is 4.71. The van der Waals surface area contributed by atoms with E-state index in [4.69, 9.17) is 9.98 Å². The second kappa shape index (κ2) is 8.13. The maximum absolute atomic E-state index is 5.07. The van der Waals surface area contributed by atoms with Gasteiger partial charge in [-0.1, -0.05) is 50.2 Å². The third kappa shape index (κ3) is 3.58. The maximum atomic E-state index is 5.07. The van der Waals surface area contributed by atoms with Gasteiger partial charge in [0.25, 0.3) is 0 Å². The molecule has 3 aliphatic rings. The van der Waals surface area contributed by atoms with Crippen molar-refractivity contribution in [3.63, 3.8) is 0 Å². The smallest absolute Gasteiger partial charge is 0.216 e. The number of hydrazine groups is 1. The zero-order chi connectivity index (χ0) is 22.5. The predicted molar refractivity (Wildman–Crippen MR) is 132 cm³/mol. The first-order valence-electron chi connectivity index (χ1n) is 11.9. The number of hydrogen-bond acceptors (Lipinski definition) is 7. The van der Waals surface area contributed by atoms with E-state index in [1.165, 1.54) is 11.1 Å². The van der Waals surface area contributed by atoms with Crippen LogP contribution in [0, 0.1) is 0 Å². The van der Waals surface area contributed by atoms with Gasteiger partial charge in [0, 0.05) is 26.2 Å². The first-order chi connectivity index (χ1) is 16.1. The molecular weight excluding hydrogens is 412 g/mol. The molecule has 2 aromatic carbocycles. The average Bonchev–Trinajstić information content (AvgIpc) is 3.24. The minimum Gasteiger partial charge on any atom is -0.331 e. The average molecular weight is 445 g/mol. The summed E-state index contributed by atoms with van der Waals surface area (Å²) < 4.78 is 2.33. The molecule has 0 unspecified atom stereocenters. The Hall–Kier alpha value is -2.94. The Morgan fingerprint density at radius 2 is 1.70 bits per heavy atom. The van der Waals surface area contributed by atoms with E-state index in [2.05, 4.69) is 99.1 Å². The van der Waals surface area contributed by atoms with Crippen LogP contribution in [0.4, 0.5) is 5.95 Å². The molecule has 0 spiro atoms. The van der Waals surface area contributed by atoms with Gasteiger partial charge in [-0.2, -0.15) is 0 Å². The van der Waals surface area contributed by atoms with Gasteiger partial charge in [0.1, 0.15) is 12.8 Å². The molecule has 0 bridgehead atoms. The maximum Gasteiger partial charge on any atom is 0.216 e. The Kier molecular flexibility index (Phi) is 5.09. The topological polar surface area (TPSA) is 55.2 Å². The minimum atomic E-state index is -0.0428. The van der Waals surface area contributed by atoms with E-state index in [0.29, 0.717) is 12.6 Å². The molecule has 0 amide bonds. The van der Waals surface area contributed by atoms with Crippen molar-refractivity contribution < 1.29 is 0 Å². The molecule has 33 heavy (non-hydrogen) atoms. The van der Waals surface area contributed by atoms with Gasteiger partial charge in [0.15, 0.2) is 0 Å². The lowest BCUT2D eigenvalue weighted by Gasteiger charge is -2.46. The SMILES string of the molecule is CC(C)c1ccc([C@@H]2NC3=NCN(N4CCN(C)CC4)CN3c3nc4ccccc4n32)cc1. The molecule has 8 heteroatoms. The summed E-state index contributed by atoms with van der Waals surface area (Å²) in [5, 5.41) is 8.51. The highest BCUT2D eigenvalue weighted by Crippen LogP contribution is 2.34. The fraction of sp³-hybridized carbons (Fsp3) is 0.440. The Balaban J connectivity index is 1.39. The van der Waals surface area contributed by atoms with Crippen LogP contribution in [0.25, 0.3) is 11.0 Å². The molecule has 1 fully saturated rings. The van der Waals surface area contributed by atoms with E-state index >= 15 is 0 Å². The number of nitrogens with zero attached hydrogens (tertiary/aromatic N) is 7. The standard InChI is InChI=1S/C25H32N8/c1-18(2)19-8-10-20(11-9-19)23-28-24-26-16-31(30-14-12-29(3)13-15-30)17-32(24)25-27-21-6-4-5-7-22(21)33(23)25/h4-11,18,23H,12-17H2,1-3H3,(H,26,28)/t23-/m1/s1. The number of likely N-dealkylation sites (N-methyl/N-ethyl adjacent to an activating group) is 1. The number of hydrogen-bond donors (Lipinski definition) is 1. The number of para-hydroxylation sites is 2. The minimum absolute atomic E-state index is 0.0428. The van der Waals surface area contributed by atoms with E-state index < -0.39 is 0 Å². The molecule has 8 nitrogen and oxygen atoms in total. The van der Waals surface area contributed by atoms with Crippen LogP contribution in [0.2, 0.25) is 0 Å². The van der Waals surface area contributed by atoms with E-state index in [1.54, 1.807) is 0 Å². The van der Waals surface area contributed by atoms with Gasteiger partial charge in [-0.05, 0) is 36.2 Å². The van der Waals surface area contributed by atoms with E-state index in [0.717, 1.165) is 55.8 Å². The van der Waals surface area contributed by atoms with Crippen LogP contribution in [0.5, 0.6) is 0 Å². The number of imidazole rings is 1. The van der Waals surface area contributed by atoms with Gasteiger partial charge >= 0.3 is 0 Å². The number of anilines is 1. The third-order valence-electron chi connectivity index (χ3n) is 7.09. The van der Waals surface area contributed by atoms with Gasteiger partial charge in [-0.15, -0.1) is 0 Å². The lowest BCUT2D eigenvalue weighted by atomic mass is 10.0. The summed E-state index contributed by atoms with van der Waals surface area (Å²) in [4.78, 5) is 14.6. The summed E-state index contributed by atoms with van der Waals surface area (Å²) in [5.74, 6) is 2.37. The first-order valence-corrected chi connectivity index (χ1v) is 11.9. The summed E-state index contributed by atoms with van der Waals surface area (Å²) in [6.45, 7) is 10.1. The number of benzene rings is 2. The van der Waals surface area contributed by atoms with Gasteiger partial charge < -0.3 is 10.2 Å². The van der Waals surface area contributed by atoms with Crippen LogP contribution in [-0.2, 0) is 0 Å². The predicted octanol–water partition coefficient (Wildman–Crippen LogP) is 2.87. The van der Waals surface area contributed by atoms with Crippen LogP contribution >= 0.6 is 0 Å². The van der Waals surface area contributed by atoms with Crippen molar-refractivity contribution in [1.29, 1.82) is 0 Å². The number of aromatic nitrogens is 2. The van der Waals surface area contributed by atoms with Crippen LogP contribution in [0.1, 0.15) is 37.1 Å². The van der Waals surface area contributed by atoms with Crippen molar-refractivity contribution >= 4 is 22.9 Å². The molecule has 4 heterocycles.